The quantitative estimate of drug-likeness (QED) is 0.467. The first-order valence-corrected chi connectivity index (χ1v) is 9.08. The van der Waals surface area contributed by atoms with Gasteiger partial charge in [-0.05, 0) is 90.9 Å². The van der Waals surface area contributed by atoms with Crippen molar-refractivity contribution in [2.24, 2.45) is 10.8 Å². The molecule has 0 heterocycles. The van der Waals surface area contributed by atoms with E-state index in [2.05, 4.69) is 55.4 Å². The van der Waals surface area contributed by atoms with Crippen LogP contribution in [0.5, 0.6) is 0 Å². The van der Waals surface area contributed by atoms with Crippen LogP contribution in [0.25, 0.3) is 0 Å². The molecule has 0 radical (unpaired) electrons. The van der Waals surface area contributed by atoms with Gasteiger partial charge in [0.05, 0.1) is 0 Å². The molecule has 0 aliphatic heterocycles. The maximum Gasteiger partial charge on any atom is -0.00762 e. The number of hydrogen-bond donors (Lipinski definition) is 0. The molecular formula is C22H36. The molecule has 2 unspecified atom stereocenters. The molecule has 0 aromatic heterocycles. The topological polar surface area (TPSA) is 0 Å². The van der Waals surface area contributed by atoms with Gasteiger partial charge in [0.2, 0.25) is 0 Å². The molecule has 2 aliphatic carbocycles. The van der Waals surface area contributed by atoms with Crippen molar-refractivity contribution in [3.05, 3.63) is 33.4 Å². The van der Waals surface area contributed by atoms with Gasteiger partial charge in [-0.1, -0.05) is 47.3 Å². The van der Waals surface area contributed by atoms with Crippen molar-refractivity contribution in [3.63, 3.8) is 0 Å². The number of rotatable bonds is 2. The smallest absolute Gasteiger partial charge is 0.00762 e. The molecule has 0 spiro atoms. The molecule has 0 heteroatoms. The van der Waals surface area contributed by atoms with E-state index in [0.29, 0.717) is 10.8 Å². The van der Waals surface area contributed by atoms with Gasteiger partial charge in [-0.25, -0.2) is 0 Å². The van der Waals surface area contributed by atoms with Gasteiger partial charge in [0.15, 0.2) is 0 Å². The van der Waals surface area contributed by atoms with E-state index < -0.39 is 0 Å². The van der Waals surface area contributed by atoms with E-state index in [0.717, 1.165) is 0 Å². The van der Waals surface area contributed by atoms with Gasteiger partial charge >= 0.3 is 0 Å². The monoisotopic (exact) mass is 300 g/mol. The van der Waals surface area contributed by atoms with Gasteiger partial charge in [-0.2, -0.15) is 0 Å². The van der Waals surface area contributed by atoms with Crippen LogP contribution in [0.4, 0.5) is 0 Å². The zero-order chi connectivity index (χ0) is 16.7. The van der Waals surface area contributed by atoms with E-state index >= 15 is 0 Å². The van der Waals surface area contributed by atoms with Gasteiger partial charge in [-0.3, -0.25) is 0 Å². The molecule has 0 saturated heterocycles. The van der Waals surface area contributed by atoms with Crippen LogP contribution in [0.15, 0.2) is 33.4 Å². The van der Waals surface area contributed by atoms with Gasteiger partial charge in [0.1, 0.15) is 0 Å². The molecule has 0 aromatic rings. The lowest BCUT2D eigenvalue weighted by Crippen LogP contribution is -2.29. The second-order valence-corrected chi connectivity index (χ2v) is 8.85. The van der Waals surface area contributed by atoms with Crippen LogP contribution in [0.1, 0.15) is 93.9 Å². The summed E-state index contributed by atoms with van der Waals surface area (Å²) in [6.45, 7) is 19.2. The minimum Gasteiger partial charge on any atom is -0.0743 e. The largest absolute Gasteiger partial charge is 0.0743 e. The Morgan fingerprint density at radius 1 is 0.636 bits per heavy atom. The van der Waals surface area contributed by atoms with Crippen molar-refractivity contribution in [1.82, 2.24) is 0 Å². The van der Waals surface area contributed by atoms with Crippen molar-refractivity contribution in [1.29, 1.82) is 0 Å². The summed E-state index contributed by atoms with van der Waals surface area (Å²) >= 11 is 0. The van der Waals surface area contributed by atoms with Gasteiger partial charge < -0.3 is 0 Å². The summed E-state index contributed by atoms with van der Waals surface area (Å²) in [6.07, 6.45) is 7.72. The SMILES string of the molecule is CC1=C(C)CC(C)(C(C)=C(C)C2(C)CCC(C)=C(C)C2)CC1. The van der Waals surface area contributed by atoms with Crippen LogP contribution >= 0.6 is 0 Å². The Labute approximate surface area is 138 Å². The highest BCUT2D eigenvalue weighted by atomic mass is 14.4. The third-order valence-corrected chi connectivity index (χ3v) is 7.24. The molecule has 0 bridgehead atoms. The first-order valence-electron chi connectivity index (χ1n) is 9.08. The molecule has 22 heavy (non-hydrogen) atoms. The molecule has 0 nitrogen and oxygen atoms in total. The molecule has 124 valence electrons. The number of allylic oxidation sites excluding steroid dienone is 6. The maximum absolute atomic E-state index is 2.50. The van der Waals surface area contributed by atoms with Crippen LogP contribution in [0.2, 0.25) is 0 Å². The Morgan fingerprint density at radius 2 is 0.955 bits per heavy atom. The van der Waals surface area contributed by atoms with E-state index in [4.69, 9.17) is 0 Å². The highest BCUT2D eigenvalue weighted by Gasteiger charge is 2.37. The molecule has 2 rings (SSSR count). The highest BCUT2D eigenvalue weighted by molar-refractivity contribution is 5.32. The van der Waals surface area contributed by atoms with Crippen LogP contribution in [0, 0.1) is 10.8 Å². The van der Waals surface area contributed by atoms with Crippen molar-refractivity contribution in [2.45, 2.75) is 93.9 Å². The lowest BCUT2D eigenvalue weighted by Gasteiger charge is -2.43. The van der Waals surface area contributed by atoms with Crippen LogP contribution in [-0.2, 0) is 0 Å². The average molecular weight is 301 g/mol. The Morgan fingerprint density at radius 3 is 1.23 bits per heavy atom. The first-order chi connectivity index (χ1) is 10.1. The predicted molar refractivity (Wildman–Crippen MR) is 99.0 cm³/mol. The average Bonchev–Trinajstić information content (AvgIpc) is 2.46. The summed E-state index contributed by atoms with van der Waals surface area (Å²) in [5, 5.41) is 0. The molecule has 0 amide bonds. The van der Waals surface area contributed by atoms with E-state index in [-0.39, 0.29) is 0 Å². The van der Waals surface area contributed by atoms with Crippen LogP contribution < -0.4 is 0 Å². The Kier molecular flexibility index (Phi) is 4.81. The number of hydrogen-bond acceptors (Lipinski definition) is 0. The Balaban J connectivity index is 2.34. The second-order valence-electron chi connectivity index (χ2n) is 8.85. The fourth-order valence-corrected chi connectivity index (χ4v) is 4.55. The molecule has 0 aromatic carbocycles. The first kappa shape index (κ1) is 17.6. The fraction of sp³-hybridized carbons (Fsp3) is 0.727. The molecule has 2 atom stereocenters. The van der Waals surface area contributed by atoms with Gasteiger partial charge in [-0.15, -0.1) is 0 Å². The van der Waals surface area contributed by atoms with Gasteiger partial charge in [0.25, 0.3) is 0 Å². The summed E-state index contributed by atoms with van der Waals surface area (Å²) in [5.41, 5.74) is 10.6. The van der Waals surface area contributed by atoms with Crippen molar-refractivity contribution >= 4 is 0 Å². The highest BCUT2D eigenvalue weighted by Crippen LogP contribution is 2.51. The van der Waals surface area contributed by atoms with Crippen LogP contribution in [0.3, 0.4) is 0 Å². The second kappa shape index (κ2) is 6.02. The minimum atomic E-state index is 0.376. The van der Waals surface area contributed by atoms with Crippen molar-refractivity contribution in [2.75, 3.05) is 0 Å². The summed E-state index contributed by atoms with van der Waals surface area (Å²) in [5.74, 6) is 0. The maximum atomic E-state index is 2.50. The lowest BCUT2D eigenvalue weighted by molar-refractivity contribution is 0.300. The third kappa shape index (κ3) is 3.12. The molecule has 0 fully saturated rings. The standard InChI is InChI=1S/C22H36/c1-15-9-11-21(7,13-17(15)3)19(5)20(6)22(8)12-10-16(2)18(4)14-22/h9-14H2,1-8H3. The van der Waals surface area contributed by atoms with E-state index in [9.17, 15) is 0 Å². The van der Waals surface area contributed by atoms with Crippen molar-refractivity contribution < 1.29 is 0 Å². The summed E-state index contributed by atoms with van der Waals surface area (Å²) in [6, 6.07) is 0. The fourth-order valence-electron chi connectivity index (χ4n) is 4.55. The summed E-state index contributed by atoms with van der Waals surface area (Å²) in [7, 11) is 0. The minimum absolute atomic E-state index is 0.376. The summed E-state index contributed by atoms with van der Waals surface area (Å²) < 4.78 is 0. The Bertz CT molecular complexity index is 505. The Hall–Kier alpha value is -0.780. The molecular weight excluding hydrogens is 264 g/mol. The molecule has 0 N–H and O–H groups in total. The predicted octanol–water partition coefficient (Wildman–Crippen LogP) is 7.38. The zero-order valence-electron chi connectivity index (χ0n) is 16.2. The third-order valence-electron chi connectivity index (χ3n) is 7.24. The van der Waals surface area contributed by atoms with E-state index in [1.54, 1.807) is 33.4 Å². The lowest BCUT2D eigenvalue weighted by atomic mass is 9.62. The summed E-state index contributed by atoms with van der Waals surface area (Å²) in [4.78, 5) is 0. The molecule has 0 saturated carbocycles. The van der Waals surface area contributed by atoms with Crippen LogP contribution in [-0.4, -0.2) is 0 Å². The zero-order valence-corrected chi connectivity index (χ0v) is 16.2. The van der Waals surface area contributed by atoms with E-state index in [1.807, 2.05) is 0 Å². The normalized spacial score (nSPS) is 34.9. The van der Waals surface area contributed by atoms with Gasteiger partial charge in [0, 0.05) is 0 Å². The molecule has 2 aliphatic rings. The van der Waals surface area contributed by atoms with E-state index in [1.165, 1.54) is 38.5 Å². The van der Waals surface area contributed by atoms with Crippen molar-refractivity contribution in [3.8, 4) is 0 Å².